The number of nitrogens with one attached hydrogen (secondary N) is 2. The number of imidazole rings is 1. The molecule has 0 aliphatic rings. The summed E-state index contributed by atoms with van der Waals surface area (Å²) in [6.07, 6.45) is 2.33. The summed E-state index contributed by atoms with van der Waals surface area (Å²) in [5, 5.41) is 11.4. The van der Waals surface area contributed by atoms with Gasteiger partial charge in [0.1, 0.15) is 5.69 Å². The molecule has 5 heteroatoms. The van der Waals surface area contributed by atoms with Gasteiger partial charge in [-0.1, -0.05) is 0 Å². The SMILES string of the molecule is C[C@H](O)CNC(=O)c1cnc[nH]1. The highest BCUT2D eigenvalue weighted by Crippen LogP contribution is 1.89. The van der Waals surface area contributed by atoms with Crippen LogP contribution in [0.4, 0.5) is 0 Å². The topological polar surface area (TPSA) is 78.0 Å². The van der Waals surface area contributed by atoms with Crippen LogP contribution in [0.5, 0.6) is 0 Å². The smallest absolute Gasteiger partial charge is 0.269 e. The third-order valence-electron chi connectivity index (χ3n) is 1.30. The van der Waals surface area contributed by atoms with Crippen molar-refractivity contribution in [3.8, 4) is 0 Å². The number of H-pyrrole nitrogens is 1. The standard InChI is InChI=1S/C7H11N3O2/c1-5(11)2-9-7(12)6-3-8-4-10-6/h3-5,11H,2H2,1H3,(H,8,10)(H,9,12)/t5-/m0/s1. The number of hydrogen-bond donors (Lipinski definition) is 3. The van der Waals surface area contributed by atoms with Crippen LogP contribution in [0.15, 0.2) is 12.5 Å². The number of aliphatic hydroxyl groups is 1. The molecule has 1 atom stereocenters. The lowest BCUT2D eigenvalue weighted by Crippen LogP contribution is -2.30. The van der Waals surface area contributed by atoms with Crippen LogP contribution in [0.25, 0.3) is 0 Å². The molecular weight excluding hydrogens is 158 g/mol. The van der Waals surface area contributed by atoms with Crippen molar-refractivity contribution in [1.29, 1.82) is 0 Å². The fraction of sp³-hybridized carbons (Fsp3) is 0.429. The minimum atomic E-state index is -0.531. The fourth-order valence-corrected chi connectivity index (χ4v) is 0.716. The van der Waals surface area contributed by atoms with E-state index in [1.54, 1.807) is 6.92 Å². The van der Waals surface area contributed by atoms with E-state index in [0.29, 0.717) is 5.69 Å². The first kappa shape index (κ1) is 8.73. The van der Waals surface area contributed by atoms with Gasteiger partial charge in [-0.15, -0.1) is 0 Å². The van der Waals surface area contributed by atoms with Crippen LogP contribution in [0, 0.1) is 0 Å². The highest BCUT2D eigenvalue weighted by molar-refractivity contribution is 5.91. The Labute approximate surface area is 69.8 Å². The summed E-state index contributed by atoms with van der Waals surface area (Å²) < 4.78 is 0. The molecule has 1 amide bonds. The molecular formula is C7H11N3O2. The minimum Gasteiger partial charge on any atom is -0.392 e. The molecule has 0 unspecified atom stereocenters. The van der Waals surface area contributed by atoms with Crippen LogP contribution in [0.3, 0.4) is 0 Å². The predicted octanol–water partition coefficient (Wildman–Crippen LogP) is -0.480. The van der Waals surface area contributed by atoms with Gasteiger partial charge in [0.2, 0.25) is 0 Å². The lowest BCUT2D eigenvalue weighted by atomic mass is 10.4. The molecule has 1 aromatic heterocycles. The highest BCUT2D eigenvalue weighted by Gasteiger charge is 2.06. The van der Waals surface area contributed by atoms with Gasteiger partial charge in [0, 0.05) is 6.54 Å². The van der Waals surface area contributed by atoms with Crippen molar-refractivity contribution >= 4 is 5.91 Å². The van der Waals surface area contributed by atoms with Gasteiger partial charge < -0.3 is 15.4 Å². The van der Waals surface area contributed by atoms with Crippen molar-refractivity contribution in [2.24, 2.45) is 0 Å². The Hall–Kier alpha value is -1.36. The van der Waals surface area contributed by atoms with E-state index in [1.165, 1.54) is 12.5 Å². The number of nitrogens with zero attached hydrogens (tertiary/aromatic N) is 1. The molecule has 0 radical (unpaired) electrons. The zero-order valence-corrected chi connectivity index (χ0v) is 6.74. The van der Waals surface area contributed by atoms with E-state index in [9.17, 15) is 4.79 Å². The van der Waals surface area contributed by atoms with Gasteiger partial charge in [0.15, 0.2) is 0 Å². The summed E-state index contributed by atoms with van der Waals surface area (Å²) in [7, 11) is 0. The molecule has 0 saturated heterocycles. The zero-order valence-electron chi connectivity index (χ0n) is 6.74. The Morgan fingerprint density at radius 1 is 1.92 bits per heavy atom. The average Bonchev–Trinajstić information content (AvgIpc) is 2.51. The summed E-state index contributed by atoms with van der Waals surface area (Å²) >= 11 is 0. The summed E-state index contributed by atoms with van der Waals surface area (Å²) in [5.41, 5.74) is 0.399. The van der Waals surface area contributed by atoms with E-state index >= 15 is 0 Å². The largest absolute Gasteiger partial charge is 0.392 e. The van der Waals surface area contributed by atoms with Crippen LogP contribution >= 0.6 is 0 Å². The first-order chi connectivity index (χ1) is 5.70. The van der Waals surface area contributed by atoms with Crippen LogP contribution in [0.2, 0.25) is 0 Å². The maximum Gasteiger partial charge on any atom is 0.269 e. The van der Waals surface area contributed by atoms with Crippen molar-refractivity contribution in [2.75, 3.05) is 6.54 Å². The molecule has 0 saturated carbocycles. The van der Waals surface area contributed by atoms with Crippen LogP contribution in [-0.2, 0) is 0 Å². The zero-order chi connectivity index (χ0) is 8.97. The molecule has 1 aromatic rings. The molecule has 3 N–H and O–H groups in total. The Morgan fingerprint density at radius 2 is 2.67 bits per heavy atom. The van der Waals surface area contributed by atoms with E-state index in [4.69, 9.17) is 5.11 Å². The molecule has 1 heterocycles. The highest BCUT2D eigenvalue weighted by atomic mass is 16.3. The molecule has 0 aromatic carbocycles. The third-order valence-corrected chi connectivity index (χ3v) is 1.30. The number of aromatic nitrogens is 2. The number of aromatic amines is 1. The third kappa shape index (κ3) is 2.35. The average molecular weight is 169 g/mol. The summed E-state index contributed by atoms with van der Waals surface area (Å²) in [4.78, 5) is 17.5. The van der Waals surface area contributed by atoms with E-state index in [1.807, 2.05) is 0 Å². The summed E-state index contributed by atoms with van der Waals surface area (Å²) in [5.74, 6) is -0.256. The second kappa shape index (κ2) is 3.87. The van der Waals surface area contributed by atoms with Crippen molar-refractivity contribution in [3.63, 3.8) is 0 Å². The second-order valence-electron chi connectivity index (χ2n) is 2.52. The van der Waals surface area contributed by atoms with E-state index < -0.39 is 6.10 Å². The molecule has 0 aliphatic heterocycles. The van der Waals surface area contributed by atoms with E-state index in [2.05, 4.69) is 15.3 Å². The van der Waals surface area contributed by atoms with Gasteiger partial charge in [-0.3, -0.25) is 4.79 Å². The molecule has 0 spiro atoms. The first-order valence-electron chi connectivity index (χ1n) is 3.65. The molecule has 66 valence electrons. The first-order valence-corrected chi connectivity index (χ1v) is 3.65. The van der Waals surface area contributed by atoms with Gasteiger partial charge in [-0.25, -0.2) is 4.98 Å². The molecule has 0 fully saturated rings. The fourth-order valence-electron chi connectivity index (χ4n) is 0.716. The number of aliphatic hydroxyl groups excluding tert-OH is 1. The molecule has 12 heavy (non-hydrogen) atoms. The van der Waals surface area contributed by atoms with Gasteiger partial charge in [0.05, 0.1) is 18.6 Å². The van der Waals surface area contributed by atoms with Gasteiger partial charge in [-0.05, 0) is 6.92 Å². The van der Waals surface area contributed by atoms with E-state index in [-0.39, 0.29) is 12.5 Å². The molecule has 1 rings (SSSR count). The second-order valence-corrected chi connectivity index (χ2v) is 2.52. The Morgan fingerprint density at radius 3 is 3.17 bits per heavy atom. The van der Waals surface area contributed by atoms with Crippen LogP contribution in [-0.4, -0.2) is 33.6 Å². The van der Waals surface area contributed by atoms with Gasteiger partial charge >= 0.3 is 0 Å². The van der Waals surface area contributed by atoms with E-state index in [0.717, 1.165) is 0 Å². The molecule has 0 bridgehead atoms. The number of rotatable bonds is 3. The summed E-state index contributed by atoms with van der Waals surface area (Å²) in [6, 6.07) is 0. The maximum atomic E-state index is 11.1. The van der Waals surface area contributed by atoms with Crippen molar-refractivity contribution < 1.29 is 9.90 Å². The normalized spacial score (nSPS) is 12.5. The van der Waals surface area contributed by atoms with Crippen molar-refractivity contribution in [1.82, 2.24) is 15.3 Å². The van der Waals surface area contributed by atoms with Gasteiger partial charge in [-0.2, -0.15) is 0 Å². The minimum absolute atomic E-state index is 0.248. The Balaban J connectivity index is 2.40. The number of amides is 1. The number of hydrogen-bond acceptors (Lipinski definition) is 3. The van der Waals surface area contributed by atoms with Gasteiger partial charge in [0.25, 0.3) is 5.91 Å². The monoisotopic (exact) mass is 169 g/mol. The summed E-state index contributed by atoms with van der Waals surface area (Å²) in [6.45, 7) is 1.85. The van der Waals surface area contributed by atoms with Crippen LogP contribution < -0.4 is 5.32 Å². The molecule has 0 aliphatic carbocycles. The number of carbonyl (C=O) groups is 1. The maximum absolute atomic E-state index is 11.1. The molecule has 5 nitrogen and oxygen atoms in total. The Bertz CT molecular complexity index is 243. The lowest BCUT2D eigenvalue weighted by molar-refractivity contribution is 0.0919. The quantitative estimate of drug-likeness (QED) is 0.572. The number of carbonyl (C=O) groups excluding carboxylic acids is 1. The van der Waals surface area contributed by atoms with Crippen molar-refractivity contribution in [2.45, 2.75) is 13.0 Å². The van der Waals surface area contributed by atoms with Crippen molar-refractivity contribution in [3.05, 3.63) is 18.2 Å². The Kier molecular flexibility index (Phi) is 2.82. The predicted molar refractivity (Wildman–Crippen MR) is 42.6 cm³/mol. The lowest BCUT2D eigenvalue weighted by Gasteiger charge is -2.04. The van der Waals surface area contributed by atoms with Crippen LogP contribution in [0.1, 0.15) is 17.4 Å².